The van der Waals surface area contributed by atoms with Gasteiger partial charge in [-0.2, -0.15) is 0 Å². The van der Waals surface area contributed by atoms with Crippen LogP contribution in [0.5, 0.6) is 11.5 Å². The van der Waals surface area contributed by atoms with Crippen LogP contribution in [0.1, 0.15) is 42.7 Å². The van der Waals surface area contributed by atoms with Gasteiger partial charge >= 0.3 is 0 Å². The molecular formula is C27H25NO6. The van der Waals surface area contributed by atoms with Crippen LogP contribution in [0.4, 0.5) is 5.69 Å². The molecule has 5 rings (SSSR count). The van der Waals surface area contributed by atoms with Crippen molar-refractivity contribution >= 4 is 23.1 Å². The normalized spacial score (nSPS) is 19.1. The first-order valence-electron chi connectivity index (χ1n) is 11.4. The van der Waals surface area contributed by atoms with Crippen LogP contribution < -0.4 is 14.4 Å². The van der Waals surface area contributed by atoms with Crippen LogP contribution >= 0.6 is 0 Å². The van der Waals surface area contributed by atoms with Crippen LogP contribution in [0.2, 0.25) is 0 Å². The first-order valence-corrected chi connectivity index (χ1v) is 11.4. The Kier molecular flexibility index (Phi) is 5.84. The summed E-state index contributed by atoms with van der Waals surface area (Å²) in [6, 6.07) is 14.8. The van der Waals surface area contributed by atoms with E-state index in [4.69, 9.17) is 13.9 Å². The fourth-order valence-corrected chi connectivity index (χ4v) is 4.42. The van der Waals surface area contributed by atoms with Crippen LogP contribution in [0.3, 0.4) is 0 Å². The molecule has 2 aromatic carbocycles. The molecule has 2 aliphatic heterocycles. The van der Waals surface area contributed by atoms with E-state index >= 15 is 0 Å². The van der Waals surface area contributed by atoms with Gasteiger partial charge in [0, 0.05) is 17.3 Å². The van der Waals surface area contributed by atoms with Gasteiger partial charge in [-0.15, -0.1) is 0 Å². The van der Waals surface area contributed by atoms with Gasteiger partial charge in [0.05, 0.1) is 25.1 Å². The van der Waals surface area contributed by atoms with Gasteiger partial charge in [-0.3, -0.25) is 14.5 Å². The van der Waals surface area contributed by atoms with Gasteiger partial charge in [-0.25, -0.2) is 0 Å². The third-order valence-corrected chi connectivity index (χ3v) is 6.01. The van der Waals surface area contributed by atoms with Crippen molar-refractivity contribution in [2.45, 2.75) is 32.2 Å². The van der Waals surface area contributed by atoms with Crippen molar-refractivity contribution < 1.29 is 28.6 Å². The maximum Gasteiger partial charge on any atom is 0.300 e. The average Bonchev–Trinajstić information content (AvgIpc) is 3.49. The zero-order chi connectivity index (χ0) is 23.7. The number of fused-ring (bicyclic) bond motifs is 1. The Hall–Kier alpha value is -4.00. The van der Waals surface area contributed by atoms with E-state index in [0.717, 1.165) is 30.6 Å². The van der Waals surface area contributed by atoms with Gasteiger partial charge < -0.3 is 19.0 Å². The number of Topliss-reactive ketones (excluding diaryl/α,β-unsaturated/α-hetero) is 1. The number of rotatable bonds is 6. The van der Waals surface area contributed by atoms with Crippen molar-refractivity contribution in [1.29, 1.82) is 0 Å². The monoisotopic (exact) mass is 459 g/mol. The number of furan rings is 1. The van der Waals surface area contributed by atoms with Gasteiger partial charge in [0.25, 0.3) is 11.7 Å². The summed E-state index contributed by atoms with van der Waals surface area (Å²) in [5.74, 6) is -0.00979. The molecule has 1 fully saturated rings. The Labute approximate surface area is 197 Å². The summed E-state index contributed by atoms with van der Waals surface area (Å²) in [4.78, 5) is 27.8. The number of benzene rings is 2. The second-order valence-corrected chi connectivity index (χ2v) is 8.30. The van der Waals surface area contributed by atoms with E-state index < -0.39 is 17.7 Å². The van der Waals surface area contributed by atoms with E-state index in [1.54, 1.807) is 48.5 Å². The Morgan fingerprint density at radius 2 is 2.03 bits per heavy atom. The van der Waals surface area contributed by atoms with Gasteiger partial charge in [-0.05, 0) is 67.3 Å². The molecule has 1 saturated heterocycles. The third kappa shape index (κ3) is 3.83. The van der Waals surface area contributed by atoms with Crippen molar-refractivity contribution in [2.75, 3.05) is 18.1 Å². The minimum Gasteiger partial charge on any atom is -0.507 e. The number of aliphatic hydroxyl groups is 1. The Balaban J connectivity index is 1.62. The molecule has 3 aromatic rings. The second-order valence-electron chi connectivity index (χ2n) is 8.30. The van der Waals surface area contributed by atoms with E-state index in [1.165, 1.54) is 11.2 Å². The average molecular weight is 459 g/mol. The topological polar surface area (TPSA) is 89.2 Å². The van der Waals surface area contributed by atoms with Crippen molar-refractivity contribution in [3.8, 4) is 11.5 Å². The molecule has 0 spiro atoms. The number of ether oxygens (including phenoxy) is 2. The van der Waals surface area contributed by atoms with E-state index in [-0.39, 0.29) is 11.3 Å². The number of amides is 1. The second kappa shape index (κ2) is 9.09. The van der Waals surface area contributed by atoms with Gasteiger partial charge in [0.1, 0.15) is 29.1 Å². The van der Waals surface area contributed by atoms with Crippen molar-refractivity contribution in [1.82, 2.24) is 0 Å². The standard InChI is InChI=1S/C27H25NO6/c1-2-12-32-20-8-3-7-19(16-20)28-24(22-9-5-14-34-22)23(26(30)27(28)31)25(29)18-10-11-21-17(15-18)6-4-13-33-21/h3,5,7-11,14-16,24,29H,2,4,6,12-13H2,1H3/b25-23-. The number of aryl methyl sites for hydroxylation is 1. The number of hydrogen-bond acceptors (Lipinski definition) is 6. The molecular weight excluding hydrogens is 434 g/mol. The van der Waals surface area contributed by atoms with Gasteiger partial charge in [0.15, 0.2) is 0 Å². The lowest BCUT2D eigenvalue weighted by Gasteiger charge is -2.24. The third-order valence-electron chi connectivity index (χ3n) is 6.01. The van der Waals surface area contributed by atoms with Crippen molar-refractivity contribution in [3.05, 3.63) is 83.3 Å². The van der Waals surface area contributed by atoms with E-state index in [9.17, 15) is 14.7 Å². The molecule has 7 nitrogen and oxygen atoms in total. The zero-order valence-corrected chi connectivity index (χ0v) is 18.8. The summed E-state index contributed by atoms with van der Waals surface area (Å²) in [5, 5.41) is 11.3. The molecule has 0 saturated carbocycles. The minimum atomic E-state index is -0.913. The first kappa shape index (κ1) is 21.8. The zero-order valence-electron chi connectivity index (χ0n) is 18.8. The molecule has 174 valence electrons. The summed E-state index contributed by atoms with van der Waals surface area (Å²) in [6.07, 6.45) is 4.01. The molecule has 34 heavy (non-hydrogen) atoms. The number of carbonyl (C=O) groups is 2. The Morgan fingerprint density at radius 1 is 1.15 bits per heavy atom. The molecule has 0 aliphatic carbocycles. The summed E-state index contributed by atoms with van der Waals surface area (Å²) in [7, 11) is 0. The summed E-state index contributed by atoms with van der Waals surface area (Å²) in [5.41, 5.74) is 1.88. The SMILES string of the molecule is CCCOc1cccc(N2C(=O)C(=O)/C(=C(\O)c3ccc4c(c3)CCCO4)C2c2ccco2)c1. The highest BCUT2D eigenvalue weighted by Gasteiger charge is 2.48. The first-order chi connectivity index (χ1) is 16.6. The number of hydrogen-bond donors (Lipinski definition) is 1. The van der Waals surface area contributed by atoms with Gasteiger partial charge in [-0.1, -0.05) is 13.0 Å². The highest BCUT2D eigenvalue weighted by molar-refractivity contribution is 6.51. The Morgan fingerprint density at radius 3 is 2.82 bits per heavy atom. The summed E-state index contributed by atoms with van der Waals surface area (Å²) in [6.45, 7) is 3.20. The molecule has 1 amide bonds. The highest BCUT2D eigenvalue weighted by atomic mass is 16.5. The maximum absolute atomic E-state index is 13.2. The molecule has 0 radical (unpaired) electrons. The van der Waals surface area contributed by atoms with Crippen LogP contribution in [0.25, 0.3) is 5.76 Å². The molecule has 2 aliphatic rings. The lowest BCUT2D eigenvalue weighted by molar-refractivity contribution is -0.132. The quantitative estimate of drug-likeness (QED) is 0.316. The molecule has 1 unspecified atom stereocenters. The number of carbonyl (C=O) groups excluding carboxylic acids is 2. The largest absolute Gasteiger partial charge is 0.507 e. The lowest BCUT2D eigenvalue weighted by atomic mass is 9.96. The van der Waals surface area contributed by atoms with Crippen LogP contribution in [-0.2, 0) is 16.0 Å². The number of ketones is 1. The fourth-order valence-electron chi connectivity index (χ4n) is 4.42. The van der Waals surface area contributed by atoms with E-state index in [0.29, 0.717) is 36.0 Å². The molecule has 0 bridgehead atoms. The number of anilines is 1. The lowest BCUT2D eigenvalue weighted by Crippen LogP contribution is -2.29. The van der Waals surface area contributed by atoms with Crippen molar-refractivity contribution in [3.63, 3.8) is 0 Å². The Bertz CT molecular complexity index is 1260. The van der Waals surface area contributed by atoms with E-state index in [1.807, 2.05) is 13.0 Å². The number of aliphatic hydroxyl groups excluding tert-OH is 1. The molecule has 3 heterocycles. The summed E-state index contributed by atoms with van der Waals surface area (Å²) < 4.78 is 17.0. The molecule has 1 N–H and O–H groups in total. The number of nitrogens with zero attached hydrogens (tertiary/aromatic N) is 1. The van der Waals surface area contributed by atoms with E-state index in [2.05, 4.69) is 0 Å². The smallest absolute Gasteiger partial charge is 0.300 e. The summed E-state index contributed by atoms with van der Waals surface area (Å²) >= 11 is 0. The maximum atomic E-state index is 13.2. The predicted molar refractivity (Wildman–Crippen MR) is 126 cm³/mol. The molecule has 1 atom stereocenters. The minimum absolute atomic E-state index is 0.0171. The van der Waals surface area contributed by atoms with Crippen molar-refractivity contribution in [2.24, 2.45) is 0 Å². The van der Waals surface area contributed by atoms with Crippen LogP contribution in [0, 0.1) is 0 Å². The molecule has 1 aromatic heterocycles. The fraction of sp³-hybridized carbons (Fsp3) is 0.259. The predicted octanol–water partition coefficient (Wildman–Crippen LogP) is 5.02. The van der Waals surface area contributed by atoms with Crippen LogP contribution in [-0.4, -0.2) is 30.0 Å². The molecule has 7 heteroatoms. The van der Waals surface area contributed by atoms with Crippen LogP contribution in [0.15, 0.2) is 70.9 Å². The van der Waals surface area contributed by atoms with Gasteiger partial charge in [0.2, 0.25) is 0 Å². The highest BCUT2D eigenvalue weighted by Crippen LogP contribution is 2.43.